The number of ether oxygens (including phenoxy) is 2. The molecule has 1 aromatic heterocycles. The molecule has 4 rings (SSSR count). The van der Waals surface area contributed by atoms with Gasteiger partial charge in [0.25, 0.3) is 0 Å². The highest BCUT2D eigenvalue weighted by molar-refractivity contribution is 14.0. The molecule has 6 nitrogen and oxygen atoms in total. The number of nitrogens with zero attached hydrogens (tertiary/aromatic N) is 2. The number of hydrogen-bond donors (Lipinski definition) is 2. The van der Waals surface area contributed by atoms with Gasteiger partial charge < -0.3 is 20.1 Å². The predicted octanol–water partition coefficient (Wildman–Crippen LogP) is 3.01. The van der Waals surface area contributed by atoms with Crippen LogP contribution in [0.5, 0.6) is 5.88 Å². The minimum Gasteiger partial charge on any atom is -0.474 e. The Morgan fingerprint density at radius 3 is 2.73 bits per heavy atom. The van der Waals surface area contributed by atoms with E-state index in [9.17, 15) is 0 Å². The summed E-state index contributed by atoms with van der Waals surface area (Å²) in [6.45, 7) is 0.693. The first kappa shape index (κ1) is 19.7. The highest BCUT2D eigenvalue weighted by Crippen LogP contribution is 2.34. The third-order valence-corrected chi connectivity index (χ3v) is 5.50. The van der Waals surface area contributed by atoms with Crippen LogP contribution >= 0.6 is 24.0 Å². The Kier molecular flexibility index (Phi) is 6.97. The molecule has 0 amide bonds. The second-order valence-corrected chi connectivity index (χ2v) is 7.32. The van der Waals surface area contributed by atoms with Crippen LogP contribution in [0.25, 0.3) is 0 Å². The summed E-state index contributed by atoms with van der Waals surface area (Å²) in [5.41, 5.74) is 1.12. The fourth-order valence-corrected chi connectivity index (χ4v) is 4.11. The minimum absolute atomic E-state index is 0. The Morgan fingerprint density at radius 2 is 2.12 bits per heavy atom. The van der Waals surface area contributed by atoms with Gasteiger partial charge in [-0.1, -0.05) is 6.07 Å². The maximum absolute atomic E-state index is 5.91. The van der Waals surface area contributed by atoms with Crippen molar-refractivity contribution >= 4 is 29.9 Å². The zero-order chi connectivity index (χ0) is 17.1. The zero-order valence-corrected chi connectivity index (χ0v) is 17.6. The lowest BCUT2D eigenvalue weighted by molar-refractivity contribution is 0.0992. The van der Waals surface area contributed by atoms with Crippen LogP contribution in [0.3, 0.4) is 0 Å². The molecule has 1 saturated carbocycles. The van der Waals surface area contributed by atoms with Crippen LogP contribution in [0, 0.1) is 0 Å². The molecule has 3 fully saturated rings. The van der Waals surface area contributed by atoms with Crippen molar-refractivity contribution in [2.24, 2.45) is 4.99 Å². The average Bonchev–Trinajstić information content (AvgIpc) is 3.38. The number of fused-ring (bicyclic) bond motifs is 2. The van der Waals surface area contributed by atoms with Crippen molar-refractivity contribution in [2.45, 2.75) is 75.8 Å². The van der Waals surface area contributed by atoms with E-state index in [2.05, 4.69) is 26.7 Å². The first-order valence-corrected chi connectivity index (χ1v) is 9.54. The monoisotopic (exact) mass is 472 g/mol. The van der Waals surface area contributed by atoms with Gasteiger partial charge in [-0.3, -0.25) is 4.99 Å². The summed E-state index contributed by atoms with van der Waals surface area (Å²) in [6, 6.07) is 4.42. The topological polar surface area (TPSA) is 67.8 Å². The summed E-state index contributed by atoms with van der Waals surface area (Å²) in [5, 5.41) is 6.86. The number of guanidine groups is 1. The molecule has 2 N–H and O–H groups in total. The van der Waals surface area contributed by atoms with Crippen molar-refractivity contribution in [3.63, 3.8) is 0 Å². The van der Waals surface area contributed by atoms with E-state index in [-0.39, 0.29) is 24.0 Å². The van der Waals surface area contributed by atoms with E-state index >= 15 is 0 Å². The Labute approximate surface area is 172 Å². The predicted molar refractivity (Wildman–Crippen MR) is 112 cm³/mol. The quantitative estimate of drug-likeness (QED) is 0.392. The molecule has 2 bridgehead atoms. The molecular formula is C19H29IN4O2. The molecule has 3 unspecified atom stereocenters. The molecule has 144 valence electrons. The van der Waals surface area contributed by atoms with Crippen molar-refractivity contribution in [2.75, 3.05) is 7.05 Å². The Balaban J connectivity index is 0.00000196. The van der Waals surface area contributed by atoms with Crippen molar-refractivity contribution in [3.05, 3.63) is 23.9 Å². The van der Waals surface area contributed by atoms with Crippen LogP contribution in [-0.4, -0.2) is 42.3 Å². The number of aliphatic imine (C=N–C) groups is 1. The second kappa shape index (κ2) is 9.21. The normalized spacial score (nSPS) is 28.0. The van der Waals surface area contributed by atoms with Crippen LogP contribution < -0.4 is 15.4 Å². The van der Waals surface area contributed by atoms with E-state index in [1.165, 1.54) is 19.3 Å². The van der Waals surface area contributed by atoms with E-state index in [0.717, 1.165) is 43.1 Å². The van der Waals surface area contributed by atoms with Crippen molar-refractivity contribution in [3.8, 4) is 5.88 Å². The highest BCUT2D eigenvalue weighted by atomic mass is 127. The molecule has 0 radical (unpaired) electrons. The summed E-state index contributed by atoms with van der Waals surface area (Å²) < 4.78 is 11.8. The van der Waals surface area contributed by atoms with Crippen LogP contribution in [0.1, 0.15) is 50.5 Å². The molecule has 7 heteroatoms. The van der Waals surface area contributed by atoms with Gasteiger partial charge in [-0.15, -0.1) is 24.0 Å². The van der Waals surface area contributed by atoms with E-state index in [1.807, 2.05) is 12.3 Å². The standard InChI is InChI=1S/C19H28N4O2.HI/c1-20-19(23-16-10-15-7-8-17(16)24-15)22-12-13-6-9-18(21-11-13)25-14-4-2-3-5-14;/h6,9,11,14-17H,2-5,7-8,10,12H2,1H3,(H2,20,22,23);1H. The van der Waals surface area contributed by atoms with Gasteiger partial charge in [0.05, 0.1) is 18.2 Å². The molecule has 3 heterocycles. The van der Waals surface area contributed by atoms with Gasteiger partial charge in [-0.2, -0.15) is 0 Å². The van der Waals surface area contributed by atoms with Gasteiger partial charge in [-0.25, -0.2) is 4.98 Å². The molecule has 1 aromatic rings. The van der Waals surface area contributed by atoms with Crippen molar-refractivity contribution in [1.82, 2.24) is 15.6 Å². The first-order valence-electron chi connectivity index (χ1n) is 9.54. The molecule has 3 atom stereocenters. The molecule has 2 saturated heterocycles. The van der Waals surface area contributed by atoms with E-state index < -0.39 is 0 Å². The summed E-state index contributed by atoms with van der Waals surface area (Å²) in [6.07, 6.45) is 11.3. The average molecular weight is 472 g/mol. The number of rotatable bonds is 5. The molecule has 2 aliphatic heterocycles. The fraction of sp³-hybridized carbons (Fsp3) is 0.684. The molecule has 26 heavy (non-hydrogen) atoms. The van der Waals surface area contributed by atoms with E-state index in [0.29, 0.717) is 30.9 Å². The van der Waals surface area contributed by atoms with Gasteiger partial charge in [0.1, 0.15) is 6.10 Å². The maximum atomic E-state index is 5.91. The summed E-state index contributed by atoms with van der Waals surface area (Å²) in [4.78, 5) is 8.77. The lowest BCUT2D eigenvalue weighted by atomic mass is 9.96. The second-order valence-electron chi connectivity index (χ2n) is 7.32. The first-order chi connectivity index (χ1) is 12.3. The molecular weight excluding hydrogens is 443 g/mol. The minimum atomic E-state index is 0. The van der Waals surface area contributed by atoms with Gasteiger partial charge in [-0.05, 0) is 50.5 Å². The zero-order valence-electron chi connectivity index (χ0n) is 15.3. The number of halogens is 1. The Hall–Kier alpha value is -1.09. The lowest BCUT2D eigenvalue weighted by Gasteiger charge is -2.22. The smallest absolute Gasteiger partial charge is 0.213 e. The number of nitrogens with one attached hydrogen (secondary N) is 2. The van der Waals surface area contributed by atoms with Crippen LogP contribution in [0.4, 0.5) is 0 Å². The van der Waals surface area contributed by atoms with Crippen LogP contribution in [0.15, 0.2) is 23.3 Å². The molecule has 0 spiro atoms. The van der Waals surface area contributed by atoms with Gasteiger partial charge >= 0.3 is 0 Å². The molecule has 1 aliphatic carbocycles. The van der Waals surface area contributed by atoms with Crippen molar-refractivity contribution in [1.29, 1.82) is 0 Å². The Bertz CT molecular complexity index is 604. The molecule has 0 aromatic carbocycles. The van der Waals surface area contributed by atoms with E-state index in [4.69, 9.17) is 9.47 Å². The Morgan fingerprint density at radius 1 is 1.27 bits per heavy atom. The van der Waals surface area contributed by atoms with E-state index in [1.54, 1.807) is 7.05 Å². The van der Waals surface area contributed by atoms with Gasteiger partial charge in [0.15, 0.2) is 5.96 Å². The number of pyridine rings is 1. The summed E-state index contributed by atoms with van der Waals surface area (Å²) >= 11 is 0. The SMILES string of the molecule is CN=C(NCc1ccc(OC2CCCC2)nc1)NC1CC2CCC1O2.I. The summed E-state index contributed by atoms with van der Waals surface area (Å²) in [5.74, 6) is 1.56. The summed E-state index contributed by atoms with van der Waals surface area (Å²) in [7, 11) is 1.81. The number of aromatic nitrogens is 1. The number of hydrogen-bond acceptors (Lipinski definition) is 4. The molecule has 3 aliphatic rings. The largest absolute Gasteiger partial charge is 0.474 e. The lowest BCUT2D eigenvalue weighted by Crippen LogP contribution is -2.47. The van der Waals surface area contributed by atoms with Crippen LogP contribution in [0.2, 0.25) is 0 Å². The third-order valence-electron chi connectivity index (χ3n) is 5.50. The highest BCUT2D eigenvalue weighted by Gasteiger charge is 2.41. The maximum Gasteiger partial charge on any atom is 0.213 e. The van der Waals surface area contributed by atoms with Gasteiger partial charge in [0, 0.05) is 25.9 Å². The van der Waals surface area contributed by atoms with Gasteiger partial charge in [0.2, 0.25) is 5.88 Å². The fourth-order valence-electron chi connectivity index (χ4n) is 4.11. The third kappa shape index (κ3) is 4.79. The van der Waals surface area contributed by atoms with Crippen LogP contribution in [-0.2, 0) is 11.3 Å². The van der Waals surface area contributed by atoms with Crippen molar-refractivity contribution < 1.29 is 9.47 Å².